The number of nitro benzene ring substituents is 1. The molecule has 0 aromatic heterocycles. The van der Waals surface area contributed by atoms with E-state index in [1.54, 1.807) is 0 Å². The van der Waals surface area contributed by atoms with Crippen LogP contribution in [0.15, 0.2) is 16.6 Å². The molecule has 1 fully saturated rings. The summed E-state index contributed by atoms with van der Waals surface area (Å²) in [5.74, 6) is -0.118. The summed E-state index contributed by atoms with van der Waals surface area (Å²) >= 11 is 3.05. The van der Waals surface area contributed by atoms with Crippen LogP contribution in [0.4, 0.5) is 10.5 Å². The number of carbonyl (C=O) groups excluding carboxylic acids is 1. The minimum absolute atomic E-state index is 0. The van der Waals surface area contributed by atoms with Crippen molar-refractivity contribution in [1.29, 1.82) is 0 Å². The minimum Gasteiger partial charge on any atom is -0.506 e. The number of carbonyl (C=O) groups is 1. The predicted octanol–water partition coefficient (Wildman–Crippen LogP) is 2.66. The van der Waals surface area contributed by atoms with E-state index in [9.17, 15) is 20.0 Å². The van der Waals surface area contributed by atoms with Crippen LogP contribution in [0.3, 0.4) is 0 Å². The first kappa shape index (κ1) is 15.5. The summed E-state index contributed by atoms with van der Waals surface area (Å²) in [6, 6.07) is 1.96. The topological polar surface area (TPSA) is 102 Å². The molecule has 2 rings (SSSR count). The van der Waals surface area contributed by atoms with Gasteiger partial charge in [-0.2, -0.15) is 0 Å². The van der Waals surface area contributed by atoms with E-state index in [0.29, 0.717) is 12.0 Å². The molecule has 0 spiro atoms. The molecule has 19 heavy (non-hydrogen) atoms. The number of phenolic OH excluding ortho intramolecular Hbond substituents is 1. The van der Waals surface area contributed by atoms with Crippen LogP contribution in [0, 0.1) is 10.1 Å². The summed E-state index contributed by atoms with van der Waals surface area (Å²) in [7, 11) is 0. The molecular weight excluding hydrogens is 343 g/mol. The number of ether oxygens (including phenoxy) is 1. The Bertz CT molecular complexity index is 525. The molecule has 0 aliphatic carbocycles. The highest BCUT2D eigenvalue weighted by atomic mass is 79.9. The van der Waals surface area contributed by atoms with Crippen molar-refractivity contribution >= 4 is 40.1 Å². The van der Waals surface area contributed by atoms with Crippen molar-refractivity contribution in [2.75, 3.05) is 6.61 Å². The zero-order valence-electron chi connectivity index (χ0n) is 9.46. The maximum atomic E-state index is 11.1. The van der Waals surface area contributed by atoms with Gasteiger partial charge in [-0.3, -0.25) is 10.1 Å². The Hall–Kier alpha value is -1.54. The standard InChI is InChI=1S/C10H9BrN2O5.ClH/c11-7-4-5(13(16)17)3-6(9(7)14)8-1-2-18-10(15)12-8;/h3-4,8,14H,1-2H2,(H,12,15);1H/t8-;/m1./s1. The van der Waals surface area contributed by atoms with E-state index in [-0.39, 0.29) is 34.9 Å². The van der Waals surface area contributed by atoms with Gasteiger partial charge >= 0.3 is 6.09 Å². The number of hydrogen-bond donors (Lipinski definition) is 2. The number of nitrogens with zero attached hydrogens (tertiary/aromatic N) is 1. The van der Waals surface area contributed by atoms with Crippen LogP contribution >= 0.6 is 28.3 Å². The first-order chi connectivity index (χ1) is 8.49. The number of halogens is 2. The molecule has 1 aliphatic heterocycles. The van der Waals surface area contributed by atoms with Gasteiger partial charge in [0.15, 0.2) is 0 Å². The molecule has 1 atom stereocenters. The minimum atomic E-state index is -0.603. The highest BCUT2D eigenvalue weighted by Crippen LogP contribution is 2.37. The molecule has 1 heterocycles. The van der Waals surface area contributed by atoms with Crippen LogP contribution in [0.25, 0.3) is 0 Å². The fourth-order valence-corrected chi connectivity index (χ4v) is 2.20. The summed E-state index contributed by atoms with van der Waals surface area (Å²) in [5, 5.41) is 23.1. The molecule has 1 amide bonds. The maximum absolute atomic E-state index is 11.1. The first-order valence-electron chi connectivity index (χ1n) is 5.09. The van der Waals surface area contributed by atoms with Crippen LogP contribution in [0.2, 0.25) is 0 Å². The Morgan fingerprint density at radius 1 is 1.53 bits per heavy atom. The molecule has 104 valence electrons. The second kappa shape index (κ2) is 6.07. The van der Waals surface area contributed by atoms with Gasteiger partial charge in [-0.25, -0.2) is 4.79 Å². The number of cyclic esters (lactones) is 1. The quantitative estimate of drug-likeness (QED) is 0.628. The van der Waals surface area contributed by atoms with Crippen molar-refractivity contribution in [3.05, 3.63) is 32.3 Å². The molecule has 1 aromatic carbocycles. The highest BCUT2D eigenvalue weighted by Gasteiger charge is 2.26. The smallest absolute Gasteiger partial charge is 0.407 e. The first-order valence-corrected chi connectivity index (χ1v) is 5.88. The third kappa shape index (κ3) is 3.27. The van der Waals surface area contributed by atoms with E-state index >= 15 is 0 Å². The van der Waals surface area contributed by atoms with Gasteiger partial charge in [0.2, 0.25) is 0 Å². The average Bonchev–Trinajstić information content (AvgIpc) is 2.32. The Balaban J connectivity index is 0.00000180. The lowest BCUT2D eigenvalue weighted by Crippen LogP contribution is -2.35. The molecule has 1 saturated heterocycles. The third-order valence-corrected chi connectivity index (χ3v) is 3.20. The van der Waals surface area contributed by atoms with Crippen LogP contribution in [-0.4, -0.2) is 22.7 Å². The fourth-order valence-electron chi connectivity index (χ4n) is 1.74. The number of nitrogens with one attached hydrogen (secondary N) is 1. The van der Waals surface area contributed by atoms with E-state index in [1.165, 1.54) is 12.1 Å². The van der Waals surface area contributed by atoms with Gasteiger partial charge in [0, 0.05) is 24.1 Å². The molecule has 7 nitrogen and oxygen atoms in total. The predicted molar refractivity (Wildman–Crippen MR) is 71.6 cm³/mol. The molecule has 9 heteroatoms. The Kier molecular flexibility index (Phi) is 4.96. The second-order valence-corrected chi connectivity index (χ2v) is 4.60. The lowest BCUT2D eigenvalue weighted by molar-refractivity contribution is -0.385. The Labute approximate surface area is 122 Å². The van der Waals surface area contributed by atoms with E-state index in [4.69, 9.17) is 4.74 Å². The number of benzene rings is 1. The lowest BCUT2D eigenvalue weighted by atomic mass is 10.0. The number of amides is 1. The lowest BCUT2D eigenvalue weighted by Gasteiger charge is -2.24. The van der Waals surface area contributed by atoms with Gasteiger partial charge in [-0.1, -0.05) is 0 Å². The monoisotopic (exact) mass is 352 g/mol. The number of non-ortho nitro benzene ring substituents is 1. The van der Waals surface area contributed by atoms with Crippen LogP contribution in [0.1, 0.15) is 18.0 Å². The molecule has 1 aromatic rings. The summed E-state index contributed by atoms with van der Waals surface area (Å²) in [6.45, 7) is 0.205. The van der Waals surface area contributed by atoms with Crippen molar-refractivity contribution in [3.8, 4) is 5.75 Å². The Morgan fingerprint density at radius 3 is 2.79 bits per heavy atom. The molecule has 0 bridgehead atoms. The molecule has 0 unspecified atom stereocenters. The van der Waals surface area contributed by atoms with Crippen LogP contribution < -0.4 is 5.32 Å². The summed E-state index contributed by atoms with van der Waals surface area (Å²) in [4.78, 5) is 21.3. The van der Waals surface area contributed by atoms with Gasteiger partial charge in [-0.05, 0) is 15.9 Å². The number of rotatable bonds is 2. The molecule has 2 N–H and O–H groups in total. The molecule has 0 saturated carbocycles. The molecule has 1 aliphatic rings. The average molecular weight is 354 g/mol. The summed E-state index contributed by atoms with van der Waals surface area (Å²) in [6.07, 6.45) is -0.166. The van der Waals surface area contributed by atoms with E-state index < -0.39 is 17.1 Å². The van der Waals surface area contributed by atoms with Crippen molar-refractivity contribution in [2.24, 2.45) is 0 Å². The van der Waals surface area contributed by atoms with Crippen LogP contribution in [-0.2, 0) is 4.74 Å². The fraction of sp³-hybridized carbons (Fsp3) is 0.300. The van der Waals surface area contributed by atoms with Gasteiger partial charge in [0.25, 0.3) is 5.69 Å². The number of hydrogen-bond acceptors (Lipinski definition) is 5. The van der Waals surface area contributed by atoms with Gasteiger partial charge in [-0.15, -0.1) is 12.4 Å². The molecule has 0 radical (unpaired) electrons. The number of alkyl carbamates (subject to hydrolysis) is 1. The summed E-state index contributed by atoms with van der Waals surface area (Å²) in [5.41, 5.74) is 0.142. The van der Waals surface area contributed by atoms with Gasteiger partial charge in [0.1, 0.15) is 5.75 Å². The van der Waals surface area contributed by atoms with Crippen molar-refractivity contribution in [3.63, 3.8) is 0 Å². The zero-order valence-corrected chi connectivity index (χ0v) is 11.9. The largest absolute Gasteiger partial charge is 0.506 e. The third-order valence-electron chi connectivity index (χ3n) is 2.60. The van der Waals surface area contributed by atoms with Crippen molar-refractivity contribution in [1.82, 2.24) is 5.32 Å². The van der Waals surface area contributed by atoms with E-state index in [2.05, 4.69) is 21.2 Å². The highest BCUT2D eigenvalue weighted by molar-refractivity contribution is 9.10. The number of phenols is 1. The molecular formula is C10H10BrClN2O5. The van der Waals surface area contributed by atoms with Gasteiger partial charge in [0.05, 0.1) is 22.0 Å². The maximum Gasteiger partial charge on any atom is 0.407 e. The van der Waals surface area contributed by atoms with Crippen molar-refractivity contribution in [2.45, 2.75) is 12.5 Å². The number of aromatic hydroxyl groups is 1. The summed E-state index contributed by atoms with van der Waals surface area (Å²) < 4.78 is 4.92. The number of nitro groups is 1. The second-order valence-electron chi connectivity index (χ2n) is 3.74. The zero-order chi connectivity index (χ0) is 13.3. The SMILES string of the molecule is Cl.O=C1N[C@@H](c2cc([N+](=O)[O-])cc(Br)c2O)CCO1. The Morgan fingerprint density at radius 2 is 2.21 bits per heavy atom. The van der Waals surface area contributed by atoms with Crippen LogP contribution in [0.5, 0.6) is 5.75 Å². The van der Waals surface area contributed by atoms with Gasteiger partial charge < -0.3 is 15.2 Å². The van der Waals surface area contributed by atoms with Crippen molar-refractivity contribution < 1.29 is 19.6 Å². The van der Waals surface area contributed by atoms with E-state index in [0.717, 1.165) is 0 Å². The normalized spacial score (nSPS) is 17.9. The van der Waals surface area contributed by atoms with E-state index in [1.807, 2.05) is 0 Å².